The fraction of sp³-hybridized carbons (Fsp3) is 0.444. The maximum absolute atomic E-state index is 10.2. The first-order chi connectivity index (χ1) is 7.24. The molecule has 0 spiro atoms. The summed E-state index contributed by atoms with van der Waals surface area (Å²) in [5.41, 5.74) is 0. The molecule has 6 heteroatoms. The Hall–Kier alpha value is -1.55. The molecule has 6 nitrogen and oxygen atoms in total. The number of rotatable bonds is 1. The van der Waals surface area contributed by atoms with E-state index in [-0.39, 0.29) is 26.4 Å². The number of cyclic esters (lactones) is 2. The maximum Gasteiger partial charge on any atom is 0.514 e. The molecule has 0 aromatic rings. The fourth-order valence-corrected chi connectivity index (χ4v) is 0.610. The van der Waals surface area contributed by atoms with Crippen molar-refractivity contribution in [2.75, 3.05) is 26.4 Å². The Balaban J connectivity index is 0.000000288. The van der Waals surface area contributed by atoms with Gasteiger partial charge in [0.2, 0.25) is 0 Å². The quantitative estimate of drug-likeness (QED) is 0.384. The maximum atomic E-state index is 10.2. The van der Waals surface area contributed by atoms with E-state index in [9.17, 15) is 4.79 Å². The van der Waals surface area contributed by atoms with Gasteiger partial charge >= 0.3 is 6.16 Å². The minimum Gasteiger partial charge on any atom is -0.426 e. The highest BCUT2D eigenvalue weighted by Gasteiger charge is 2.17. The zero-order valence-corrected chi connectivity index (χ0v) is 7.97. The minimum absolute atomic E-state index is 0.133. The third-order valence-electron chi connectivity index (χ3n) is 1.15. The van der Waals surface area contributed by atoms with E-state index in [2.05, 4.69) is 21.3 Å². The van der Waals surface area contributed by atoms with E-state index in [0.29, 0.717) is 5.76 Å². The Morgan fingerprint density at radius 3 is 2.20 bits per heavy atom. The van der Waals surface area contributed by atoms with Crippen LogP contribution in [-0.2, 0) is 9.47 Å². The van der Waals surface area contributed by atoms with Gasteiger partial charge in [-0.2, -0.15) is 0 Å². The molecule has 0 aliphatic carbocycles. The van der Waals surface area contributed by atoms with Gasteiger partial charge in [0.15, 0.2) is 6.61 Å². The van der Waals surface area contributed by atoms with E-state index in [1.54, 1.807) is 0 Å². The van der Waals surface area contributed by atoms with Crippen molar-refractivity contribution in [3.05, 3.63) is 11.8 Å². The summed E-state index contributed by atoms with van der Waals surface area (Å²) < 4.78 is 8.82. The van der Waals surface area contributed by atoms with Gasteiger partial charge in [-0.1, -0.05) is 11.8 Å². The van der Waals surface area contributed by atoms with Crippen molar-refractivity contribution in [2.24, 2.45) is 0 Å². The SMILES string of the molecule is O=C1OC/C(=C\CO)O1.OCC#CCO. The van der Waals surface area contributed by atoms with Gasteiger partial charge in [-0.3, -0.25) is 0 Å². The summed E-state index contributed by atoms with van der Waals surface area (Å²) in [7, 11) is 0. The van der Waals surface area contributed by atoms with E-state index in [1.807, 2.05) is 0 Å². The highest BCUT2D eigenvalue weighted by atomic mass is 16.8. The lowest BCUT2D eigenvalue weighted by atomic mass is 10.5. The standard InChI is InChI=1S/C5H6O4.C4H6O2/c6-2-1-4-3-8-5(7)9-4;5-3-1-2-4-6/h1,6H,2-3H2;5-6H,3-4H2/b4-1+;. The predicted molar refractivity (Wildman–Crippen MR) is 49.5 cm³/mol. The van der Waals surface area contributed by atoms with Crippen LogP contribution in [0.15, 0.2) is 11.8 Å². The summed E-state index contributed by atoms with van der Waals surface area (Å²) in [6, 6.07) is 0. The van der Waals surface area contributed by atoms with Crippen LogP contribution in [0.1, 0.15) is 0 Å². The van der Waals surface area contributed by atoms with Crippen LogP contribution in [-0.4, -0.2) is 47.9 Å². The van der Waals surface area contributed by atoms with Crippen LogP contribution < -0.4 is 0 Å². The average molecular weight is 216 g/mol. The topological polar surface area (TPSA) is 96.2 Å². The Morgan fingerprint density at radius 1 is 1.27 bits per heavy atom. The van der Waals surface area contributed by atoms with Gasteiger partial charge < -0.3 is 24.8 Å². The summed E-state index contributed by atoms with van der Waals surface area (Å²) in [4.78, 5) is 10.2. The molecule has 0 unspecified atom stereocenters. The molecule has 1 rings (SSSR count). The number of carbonyl (C=O) groups is 1. The monoisotopic (exact) mass is 216 g/mol. The third kappa shape index (κ3) is 7.52. The van der Waals surface area contributed by atoms with Crippen LogP contribution in [0.5, 0.6) is 0 Å². The fourth-order valence-electron chi connectivity index (χ4n) is 0.610. The number of carbonyl (C=O) groups excluding carboxylic acids is 1. The summed E-state index contributed by atoms with van der Waals surface area (Å²) in [5, 5.41) is 24.1. The second-order valence-electron chi connectivity index (χ2n) is 2.16. The molecule has 0 atom stereocenters. The van der Waals surface area contributed by atoms with Crippen LogP contribution in [0.4, 0.5) is 4.79 Å². The van der Waals surface area contributed by atoms with Crippen molar-refractivity contribution in [2.45, 2.75) is 0 Å². The van der Waals surface area contributed by atoms with E-state index in [1.165, 1.54) is 6.08 Å². The molecule has 0 aromatic heterocycles. The van der Waals surface area contributed by atoms with Gasteiger partial charge in [-0.15, -0.1) is 0 Å². The van der Waals surface area contributed by atoms with Gasteiger partial charge in [-0.25, -0.2) is 4.79 Å². The van der Waals surface area contributed by atoms with Crippen molar-refractivity contribution in [1.82, 2.24) is 0 Å². The molecule has 0 bridgehead atoms. The molecular weight excluding hydrogens is 204 g/mol. The average Bonchev–Trinajstić information content (AvgIpc) is 2.63. The lowest BCUT2D eigenvalue weighted by Gasteiger charge is -1.86. The van der Waals surface area contributed by atoms with Crippen LogP contribution in [0.25, 0.3) is 0 Å². The van der Waals surface area contributed by atoms with E-state index < -0.39 is 6.16 Å². The van der Waals surface area contributed by atoms with Crippen LogP contribution in [0.3, 0.4) is 0 Å². The van der Waals surface area contributed by atoms with Crippen molar-refractivity contribution in [3.8, 4) is 11.8 Å². The largest absolute Gasteiger partial charge is 0.514 e. The van der Waals surface area contributed by atoms with E-state index in [4.69, 9.17) is 15.3 Å². The lowest BCUT2D eigenvalue weighted by Crippen LogP contribution is -1.88. The number of ether oxygens (including phenoxy) is 2. The van der Waals surface area contributed by atoms with Gasteiger partial charge in [0.25, 0.3) is 0 Å². The minimum atomic E-state index is -0.699. The van der Waals surface area contributed by atoms with E-state index in [0.717, 1.165) is 0 Å². The van der Waals surface area contributed by atoms with Gasteiger partial charge in [0.05, 0.1) is 6.61 Å². The Bertz CT molecular complexity index is 264. The van der Waals surface area contributed by atoms with Gasteiger partial charge in [-0.05, 0) is 6.08 Å². The second kappa shape index (κ2) is 9.02. The molecule has 84 valence electrons. The molecule has 1 aliphatic heterocycles. The molecule has 1 aliphatic rings. The zero-order chi connectivity index (χ0) is 11.5. The highest BCUT2D eigenvalue weighted by Crippen LogP contribution is 2.08. The Kier molecular flexibility index (Phi) is 8.09. The number of hydrogen-bond acceptors (Lipinski definition) is 6. The zero-order valence-electron chi connectivity index (χ0n) is 7.97. The molecular formula is C9H12O6. The first-order valence-electron chi connectivity index (χ1n) is 4.06. The number of aliphatic hydroxyl groups is 3. The predicted octanol–water partition coefficient (Wildman–Crippen LogP) is -0.996. The second-order valence-corrected chi connectivity index (χ2v) is 2.16. The van der Waals surface area contributed by atoms with Crippen LogP contribution in [0.2, 0.25) is 0 Å². The van der Waals surface area contributed by atoms with Gasteiger partial charge in [0.1, 0.15) is 19.0 Å². The van der Waals surface area contributed by atoms with Gasteiger partial charge in [0, 0.05) is 0 Å². The molecule has 1 fully saturated rings. The molecule has 1 saturated heterocycles. The Labute approximate surface area is 86.7 Å². The first kappa shape index (κ1) is 13.4. The molecule has 3 N–H and O–H groups in total. The highest BCUT2D eigenvalue weighted by molar-refractivity contribution is 5.64. The summed E-state index contributed by atoms with van der Waals surface area (Å²) in [5.74, 6) is 4.88. The molecule has 0 radical (unpaired) electrons. The van der Waals surface area contributed by atoms with Crippen molar-refractivity contribution < 1.29 is 29.6 Å². The molecule has 0 saturated carbocycles. The van der Waals surface area contributed by atoms with Crippen molar-refractivity contribution in [3.63, 3.8) is 0 Å². The molecule has 0 aromatic carbocycles. The summed E-state index contributed by atoms with van der Waals surface area (Å²) in [6.45, 7) is -0.327. The lowest BCUT2D eigenvalue weighted by molar-refractivity contribution is 0.136. The first-order valence-corrected chi connectivity index (χ1v) is 4.06. The normalized spacial score (nSPS) is 15.7. The van der Waals surface area contributed by atoms with Crippen molar-refractivity contribution >= 4 is 6.16 Å². The van der Waals surface area contributed by atoms with Crippen molar-refractivity contribution in [1.29, 1.82) is 0 Å². The molecule has 1 heterocycles. The summed E-state index contributed by atoms with van der Waals surface area (Å²) in [6.07, 6.45) is 0.681. The number of aliphatic hydroxyl groups excluding tert-OH is 3. The van der Waals surface area contributed by atoms with Crippen LogP contribution in [0, 0.1) is 11.8 Å². The molecule has 15 heavy (non-hydrogen) atoms. The third-order valence-corrected chi connectivity index (χ3v) is 1.15. The Morgan fingerprint density at radius 2 is 1.87 bits per heavy atom. The molecule has 0 amide bonds. The smallest absolute Gasteiger partial charge is 0.426 e. The van der Waals surface area contributed by atoms with E-state index >= 15 is 0 Å². The van der Waals surface area contributed by atoms with Crippen LogP contribution >= 0.6 is 0 Å². The summed E-state index contributed by atoms with van der Waals surface area (Å²) >= 11 is 0. The number of hydrogen-bond donors (Lipinski definition) is 3.